The topological polar surface area (TPSA) is 54.0 Å². The first-order valence-corrected chi connectivity index (χ1v) is 29.2. The monoisotopic (exact) mass is 639 g/mol. The van der Waals surface area contributed by atoms with Gasteiger partial charge < -0.3 is 4.74 Å². The molecular weight excluding hydrogens is 621 g/mol. The SMILES string of the molecule is CCOC(=O)[N+]1=NC2(SC1=NC)C1CC3CC(C1)CC2C3.[Cl][Sb-]([Cl])([Cl])([Cl])([Cl])[Cl]. The van der Waals surface area contributed by atoms with Gasteiger partial charge in [0, 0.05) is 11.8 Å². The van der Waals surface area contributed by atoms with Crippen LogP contribution in [0.4, 0.5) is 4.79 Å². The minimum absolute atomic E-state index is 0.144. The molecule has 0 aromatic heterocycles. The predicted molar refractivity (Wildman–Crippen MR) is 121 cm³/mol. The molecule has 1 aliphatic heterocycles. The first kappa shape index (κ1) is 24.3. The van der Waals surface area contributed by atoms with E-state index in [1.807, 2.05) is 6.92 Å². The van der Waals surface area contributed by atoms with E-state index < -0.39 is 9.14 Å². The van der Waals surface area contributed by atoms with Crippen molar-refractivity contribution in [3.63, 3.8) is 0 Å². The molecule has 4 fully saturated rings. The van der Waals surface area contributed by atoms with E-state index in [-0.39, 0.29) is 11.0 Å². The summed E-state index contributed by atoms with van der Waals surface area (Å²) in [5, 5.41) is 5.59. The second-order valence-corrected chi connectivity index (χ2v) is 65.9. The number of hydrogen-bond donors (Lipinski definition) is 0. The van der Waals surface area contributed by atoms with Gasteiger partial charge in [-0.25, -0.2) is 0 Å². The number of amidine groups is 1. The first-order chi connectivity index (χ1) is 12.6. The normalized spacial score (nSPS) is 39.9. The van der Waals surface area contributed by atoms with Crippen LogP contribution in [-0.4, -0.2) is 43.6 Å². The Bertz CT molecular complexity index is 700. The Labute approximate surface area is 189 Å². The number of carbonyl (C=O) groups excluding carboxylic acids is 1. The Hall–Kier alpha value is 1.65. The quantitative estimate of drug-likeness (QED) is 0.224. The Kier molecular flexibility index (Phi) is 6.60. The molecule has 0 aromatic rings. The van der Waals surface area contributed by atoms with E-state index in [9.17, 15) is 4.79 Å². The molecular formula is C15H22Cl6N3O2SSb. The summed E-state index contributed by atoms with van der Waals surface area (Å²) in [6.45, 7) is 2.19. The molecule has 5 rings (SSSR count). The predicted octanol–water partition coefficient (Wildman–Crippen LogP) is 7.25. The molecule has 0 N–H and O–H groups in total. The number of halogens is 6. The fourth-order valence-corrected chi connectivity index (χ4v) is 6.47. The fourth-order valence-electron chi connectivity index (χ4n) is 5.04. The molecule has 1 spiro atoms. The molecule has 4 bridgehead atoms. The average Bonchev–Trinajstić information content (AvgIpc) is 2.90. The van der Waals surface area contributed by atoms with Crippen LogP contribution in [0, 0.1) is 23.7 Å². The Morgan fingerprint density at radius 3 is 2.00 bits per heavy atom. The summed E-state index contributed by atoms with van der Waals surface area (Å²) in [7, 11) is 26.7. The number of carbonyl (C=O) groups is 1. The van der Waals surface area contributed by atoms with E-state index in [1.165, 1.54) is 36.8 Å². The standard InChI is InChI=1S/C15H22N3O2S.6ClH.Sb/c1-3-20-14(19)18-13(16-2)21-15(17-18)11-5-9-4-10(7-11)8-12(15)6-9;;;;;;;/h9-12H,3-8H2,1-2H3;6*1H;/q+1;;;;;;;+5/p-6. The van der Waals surface area contributed by atoms with Gasteiger partial charge >= 0.3 is 73.4 Å². The Morgan fingerprint density at radius 2 is 1.61 bits per heavy atom. The number of aliphatic imine (C=N–C) groups is 1. The molecule has 4 saturated carbocycles. The minimum atomic E-state index is -5.42. The number of nitrogens with zero attached hydrogens (tertiary/aromatic N) is 3. The molecule has 5 aliphatic rings. The van der Waals surface area contributed by atoms with Crippen LogP contribution in [-0.2, 0) is 4.74 Å². The number of amides is 1. The van der Waals surface area contributed by atoms with Gasteiger partial charge in [-0.3, -0.25) is 0 Å². The second kappa shape index (κ2) is 7.61. The van der Waals surface area contributed by atoms with Crippen molar-refractivity contribution in [3.8, 4) is 0 Å². The summed E-state index contributed by atoms with van der Waals surface area (Å²) in [6, 6.07) is 0. The van der Waals surface area contributed by atoms with E-state index >= 15 is 0 Å². The molecule has 0 atom stereocenters. The maximum absolute atomic E-state index is 12.1. The summed E-state index contributed by atoms with van der Waals surface area (Å²) >= 11 is 1.72. The Balaban J connectivity index is 0.000000279. The van der Waals surface area contributed by atoms with Gasteiger partial charge in [0.05, 0.1) is 6.61 Å². The van der Waals surface area contributed by atoms with Crippen molar-refractivity contribution in [1.29, 1.82) is 0 Å². The average molecular weight is 643 g/mol. The van der Waals surface area contributed by atoms with Gasteiger partial charge in [0.2, 0.25) is 0 Å². The van der Waals surface area contributed by atoms with E-state index in [2.05, 4.69) is 4.99 Å². The van der Waals surface area contributed by atoms with Gasteiger partial charge in [0.15, 0.2) is 4.87 Å². The number of ether oxygens (including phenoxy) is 1. The van der Waals surface area contributed by atoms with Crippen LogP contribution in [0.2, 0.25) is 0 Å². The van der Waals surface area contributed by atoms with Crippen molar-refractivity contribution in [2.24, 2.45) is 33.8 Å². The molecule has 0 unspecified atom stereocenters. The van der Waals surface area contributed by atoms with Crippen molar-refractivity contribution in [2.75, 3.05) is 13.7 Å². The summed E-state index contributed by atoms with van der Waals surface area (Å²) in [5.74, 6) is 3.00. The third kappa shape index (κ3) is 6.12. The van der Waals surface area contributed by atoms with Crippen molar-refractivity contribution in [2.45, 2.75) is 43.9 Å². The van der Waals surface area contributed by atoms with E-state index in [0.29, 0.717) is 23.6 Å². The summed E-state index contributed by atoms with van der Waals surface area (Å²) < 4.78 is 6.57. The second-order valence-electron chi connectivity index (χ2n) is 7.73. The van der Waals surface area contributed by atoms with Gasteiger partial charge in [-0.15, -0.1) is 0 Å². The van der Waals surface area contributed by atoms with Crippen LogP contribution in [0.25, 0.3) is 0 Å². The molecule has 0 saturated heterocycles. The fraction of sp³-hybridized carbons (Fsp3) is 0.867. The molecule has 0 radical (unpaired) electrons. The number of thioether (sulfide) groups is 1. The molecule has 4 aliphatic carbocycles. The van der Waals surface area contributed by atoms with Crippen molar-refractivity contribution in [1.82, 2.24) is 0 Å². The number of azo groups is 2. The van der Waals surface area contributed by atoms with Gasteiger partial charge in [-0.1, -0.05) is 10.1 Å². The van der Waals surface area contributed by atoms with E-state index in [0.717, 1.165) is 11.8 Å². The van der Waals surface area contributed by atoms with Crippen LogP contribution >= 0.6 is 64.7 Å². The van der Waals surface area contributed by atoms with Gasteiger partial charge in [0.25, 0.3) is 0 Å². The molecule has 0 aromatic carbocycles. The molecule has 5 nitrogen and oxygen atoms in total. The summed E-state index contributed by atoms with van der Waals surface area (Å²) in [6.07, 6.45) is 6.14. The molecule has 28 heavy (non-hydrogen) atoms. The van der Waals surface area contributed by atoms with Crippen molar-refractivity contribution in [3.05, 3.63) is 0 Å². The summed E-state index contributed by atoms with van der Waals surface area (Å²) in [4.78, 5) is 16.3. The first-order valence-electron chi connectivity index (χ1n) is 9.03. The van der Waals surface area contributed by atoms with Crippen molar-refractivity contribution >= 4 is 85.1 Å². The zero-order chi connectivity index (χ0) is 21.0. The third-order valence-corrected chi connectivity index (χ3v) is 7.25. The van der Waals surface area contributed by atoms with E-state index in [4.69, 9.17) is 62.8 Å². The van der Waals surface area contributed by atoms with Crippen LogP contribution < -0.4 is 0 Å². The third-order valence-electron chi connectivity index (χ3n) is 5.63. The number of hydrogen-bond acceptors (Lipinski definition) is 5. The van der Waals surface area contributed by atoms with Gasteiger partial charge in [-0.05, 0) is 67.4 Å². The van der Waals surface area contributed by atoms with Gasteiger partial charge in [-0.2, -0.15) is 4.79 Å². The zero-order valence-corrected chi connectivity index (χ0v) is 23.2. The zero-order valence-electron chi connectivity index (χ0n) is 15.3. The molecule has 1 amide bonds. The van der Waals surface area contributed by atoms with Gasteiger partial charge in [0.1, 0.15) is 7.05 Å². The van der Waals surface area contributed by atoms with Crippen molar-refractivity contribution < 1.29 is 14.2 Å². The maximum atomic E-state index is 12.1. The van der Waals surface area contributed by atoms with Crippen LogP contribution in [0.3, 0.4) is 0 Å². The summed E-state index contributed by atoms with van der Waals surface area (Å²) in [5.41, 5.74) is 0. The van der Waals surface area contributed by atoms with Crippen LogP contribution in [0.5, 0.6) is 0 Å². The number of rotatable bonds is 1. The molecule has 1 heterocycles. The molecule has 13 heteroatoms. The Morgan fingerprint density at radius 1 is 1.14 bits per heavy atom. The van der Waals surface area contributed by atoms with Crippen LogP contribution in [0.15, 0.2) is 10.1 Å². The van der Waals surface area contributed by atoms with E-state index in [1.54, 1.807) is 18.8 Å². The molecule has 162 valence electrons. The van der Waals surface area contributed by atoms with Crippen LogP contribution in [0.1, 0.15) is 39.0 Å².